The smallest absolute Gasteiger partial charge is 0.195 e. The van der Waals surface area contributed by atoms with Gasteiger partial charge in [0.25, 0.3) is 0 Å². The van der Waals surface area contributed by atoms with Crippen molar-refractivity contribution in [1.82, 2.24) is 14.8 Å². The molecule has 4 nitrogen and oxygen atoms in total. The van der Waals surface area contributed by atoms with E-state index in [9.17, 15) is 4.21 Å². The van der Waals surface area contributed by atoms with E-state index < -0.39 is 10.8 Å². The third-order valence-electron chi connectivity index (χ3n) is 1.76. The van der Waals surface area contributed by atoms with Crippen molar-refractivity contribution >= 4 is 23.0 Å². The molecule has 1 aromatic heterocycles. The van der Waals surface area contributed by atoms with Crippen LogP contribution in [0.1, 0.15) is 12.7 Å². The Hall–Kier alpha value is -0.490. The van der Waals surface area contributed by atoms with E-state index in [2.05, 4.69) is 10.2 Å². The number of hydrogen-bond acceptors (Lipinski definition) is 3. The summed E-state index contributed by atoms with van der Waals surface area (Å²) < 4.78 is 13.4. The zero-order chi connectivity index (χ0) is 9.84. The number of nitrogens with one attached hydrogen (secondary N) is 1. The maximum Gasteiger partial charge on any atom is 0.195 e. The van der Waals surface area contributed by atoms with Gasteiger partial charge in [0.1, 0.15) is 5.82 Å². The van der Waals surface area contributed by atoms with E-state index in [1.807, 2.05) is 11.5 Å². The fourth-order valence-electron chi connectivity index (χ4n) is 1.07. The summed E-state index contributed by atoms with van der Waals surface area (Å²) in [5.74, 6) is 1.55. The van der Waals surface area contributed by atoms with Gasteiger partial charge in [-0.25, -0.2) is 0 Å². The first-order valence-corrected chi connectivity index (χ1v) is 6.22. The van der Waals surface area contributed by atoms with Crippen molar-refractivity contribution in [1.29, 1.82) is 0 Å². The molecule has 0 saturated heterocycles. The van der Waals surface area contributed by atoms with Gasteiger partial charge in [-0.1, -0.05) is 6.92 Å². The van der Waals surface area contributed by atoms with Gasteiger partial charge >= 0.3 is 0 Å². The van der Waals surface area contributed by atoms with E-state index >= 15 is 0 Å². The SMILES string of the molecule is CCc1n[nH]c(=S)n1CCS(C)=O. The normalized spacial score (nSPS) is 13.1. The molecule has 1 atom stereocenters. The van der Waals surface area contributed by atoms with Crippen molar-refractivity contribution in [2.24, 2.45) is 0 Å². The molecule has 0 fully saturated rings. The largest absolute Gasteiger partial charge is 0.303 e. The van der Waals surface area contributed by atoms with Crippen LogP contribution in [0.4, 0.5) is 0 Å². The second kappa shape index (κ2) is 4.66. The molecular weight excluding hydrogens is 206 g/mol. The van der Waals surface area contributed by atoms with E-state index in [1.54, 1.807) is 6.26 Å². The summed E-state index contributed by atoms with van der Waals surface area (Å²) in [6.07, 6.45) is 2.53. The molecule has 0 aliphatic rings. The molecule has 1 heterocycles. The highest BCUT2D eigenvalue weighted by molar-refractivity contribution is 7.84. The number of aromatic amines is 1. The maximum atomic E-state index is 10.9. The molecule has 0 aromatic carbocycles. The number of rotatable bonds is 4. The van der Waals surface area contributed by atoms with Crippen LogP contribution in [0.5, 0.6) is 0 Å². The van der Waals surface area contributed by atoms with E-state index in [-0.39, 0.29) is 0 Å². The molecule has 13 heavy (non-hydrogen) atoms. The second-order valence-corrected chi connectivity index (χ2v) is 4.67. The van der Waals surface area contributed by atoms with Crippen LogP contribution in [0.25, 0.3) is 0 Å². The van der Waals surface area contributed by atoms with Gasteiger partial charge in [0, 0.05) is 35.8 Å². The topological polar surface area (TPSA) is 50.7 Å². The molecule has 0 bridgehead atoms. The summed E-state index contributed by atoms with van der Waals surface area (Å²) in [4.78, 5) is 0. The molecular formula is C7H13N3OS2. The standard InChI is InChI=1S/C7H13N3OS2/c1-3-6-8-9-7(12)10(6)4-5-13(2)11/h3-5H2,1-2H3,(H,9,12). The summed E-state index contributed by atoms with van der Waals surface area (Å²) in [6, 6.07) is 0. The molecule has 0 aliphatic heterocycles. The van der Waals surface area contributed by atoms with Crippen molar-refractivity contribution < 1.29 is 4.21 Å². The van der Waals surface area contributed by atoms with Crippen LogP contribution in [0.3, 0.4) is 0 Å². The number of aromatic nitrogens is 3. The van der Waals surface area contributed by atoms with Crippen LogP contribution < -0.4 is 0 Å². The minimum absolute atomic E-state index is 0.613. The van der Waals surface area contributed by atoms with E-state index in [1.165, 1.54) is 0 Å². The lowest BCUT2D eigenvalue weighted by atomic mass is 10.4. The first-order chi connectivity index (χ1) is 6.15. The quantitative estimate of drug-likeness (QED) is 0.765. The average Bonchev–Trinajstić information content (AvgIpc) is 2.43. The lowest BCUT2D eigenvalue weighted by molar-refractivity contribution is 0.666. The van der Waals surface area contributed by atoms with Crippen molar-refractivity contribution in [2.75, 3.05) is 12.0 Å². The number of aryl methyl sites for hydroxylation is 1. The Kier molecular flexibility index (Phi) is 3.80. The molecule has 0 amide bonds. The highest BCUT2D eigenvalue weighted by Gasteiger charge is 2.03. The van der Waals surface area contributed by atoms with Crippen molar-refractivity contribution in [3.05, 3.63) is 10.6 Å². The van der Waals surface area contributed by atoms with Crippen LogP contribution in [0.15, 0.2) is 0 Å². The Morgan fingerprint density at radius 3 is 2.92 bits per heavy atom. The summed E-state index contributed by atoms with van der Waals surface area (Å²) in [5, 5.41) is 6.79. The van der Waals surface area contributed by atoms with Gasteiger partial charge in [-0.2, -0.15) is 5.10 Å². The molecule has 1 rings (SSSR count). The maximum absolute atomic E-state index is 10.9. The molecule has 1 aromatic rings. The van der Waals surface area contributed by atoms with Crippen LogP contribution >= 0.6 is 12.2 Å². The van der Waals surface area contributed by atoms with Gasteiger partial charge in [0.2, 0.25) is 0 Å². The fraction of sp³-hybridized carbons (Fsp3) is 0.714. The van der Waals surface area contributed by atoms with Crippen LogP contribution in [0.2, 0.25) is 0 Å². The van der Waals surface area contributed by atoms with Crippen molar-refractivity contribution in [3.63, 3.8) is 0 Å². The number of nitrogens with zero attached hydrogens (tertiary/aromatic N) is 2. The molecule has 0 saturated carbocycles. The number of H-pyrrole nitrogens is 1. The Bertz CT molecular complexity index is 355. The molecule has 0 spiro atoms. The molecule has 0 aliphatic carbocycles. The van der Waals surface area contributed by atoms with Crippen LogP contribution in [-0.2, 0) is 23.8 Å². The van der Waals surface area contributed by atoms with E-state index in [0.29, 0.717) is 17.1 Å². The Labute approximate surface area is 84.8 Å². The van der Waals surface area contributed by atoms with E-state index in [0.717, 1.165) is 12.2 Å². The van der Waals surface area contributed by atoms with Crippen molar-refractivity contribution in [2.45, 2.75) is 19.9 Å². The molecule has 0 radical (unpaired) electrons. The van der Waals surface area contributed by atoms with Gasteiger partial charge in [-0.3, -0.25) is 9.31 Å². The zero-order valence-corrected chi connectivity index (χ0v) is 9.37. The van der Waals surface area contributed by atoms with Gasteiger partial charge in [0.15, 0.2) is 4.77 Å². The molecule has 1 unspecified atom stereocenters. The lowest BCUT2D eigenvalue weighted by Crippen LogP contribution is -2.09. The summed E-state index contributed by atoms with van der Waals surface area (Å²) in [7, 11) is -0.778. The second-order valence-electron chi connectivity index (χ2n) is 2.73. The minimum Gasteiger partial charge on any atom is -0.303 e. The number of hydrogen-bond donors (Lipinski definition) is 1. The lowest BCUT2D eigenvalue weighted by Gasteiger charge is -2.02. The van der Waals surface area contributed by atoms with Gasteiger partial charge in [0.05, 0.1) is 0 Å². The average molecular weight is 219 g/mol. The fourth-order valence-corrected chi connectivity index (χ4v) is 1.75. The highest BCUT2D eigenvalue weighted by atomic mass is 32.2. The van der Waals surface area contributed by atoms with Gasteiger partial charge in [-0.05, 0) is 12.2 Å². The van der Waals surface area contributed by atoms with Crippen LogP contribution in [0, 0.1) is 4.77 Å². The third kappa shape index (κ3) is 2.73. The molecule has 74 valence electrons. The predicted molar refractivity (Wildman–Crippen MR) is 55.7 cm³/mol. The van der Waals surface area contributed by atoms with E-state index in [4.69, 9.17) is 12.2 Å². The predicted octanol–water partition coefficient (Wildman–Crippen LogP) is 0.882. The summed E-state index contributed by atoms with van der Waals surface area (Å²) >= 11 is 5.04. The highest BCUT2D eigenvalue weighted by Crippen LogP contribution is 1.98. The first kappa shape index (κ1) is 10.6. The minimum atomic E-state index is -0.778. The first-order valence-electron chi connectivity index (χ1n) is 4.09. The van der Waals surface area contributed by atoms with Crippen molar-refractivity contribution in [3.8, 4) is 0 Å². The third-order valence-corrected chi connectivity index (χ3v) is 2.83. The van der Waals surface area contributed by atoms with Gasteiger partial charge in [-0.15, -0.1) is 0 Å². The monoisotopic (exact) mass is 219 g/mol. The van der Waals surface area contributed by atoms with Gasteiger partial charge < -0.3 is 4.57 Å². The molecule has 6 heteroatoms. The molecule has 1 N–H and O–H groups in total. The Balaban J connectivity index is 2.79. The Morgan fingerprint density at radius 1 is 1.69 bits per heavy atom. The zero-order valence-electron chi connectivity index (χ0n) is 7.74. The summed E-state index contributed by atoms with van der Waals surface area (Å²) in [5.41, 5.74) is 0. The Morgan fingerprint density at radius 2 is 2.38 bits per heavy atom. The van der Waals surface area contributed by atoms with Crippen LogP contribution in [-0.4, -0.2) is 31.0 Å². The summed E-state index contributed by atoms with van der Waals surface area (Å²) in [6.45, 7) is 2.70.